The second kappa shape index (κ2) is 8.89. The third kappa shape index (κ3) is 5.68. The molecule has 1 saturated heterocycles. The van der Waals surface area contributed by atoms with Crippen LogP contribution >= 0.6 is 0 Å². The Hall–Kier alpha value is -0.120. The Morgan fingerprint density at radius 2 is 2.11 bits per heavy atom. The van der Waals surface area contributed by atoms with Crippen LogP contribution in [0.2, 0.25) is 0 Å². The number of hydrogen-bond acceptors (Lipinski definition) is 3. The molecule has 0 spiro atoms. The SMILES string of the molecule is CCCC1CC(NC(COCC)C(C)C)CCO1. The van der Waals surface area contributed by atoms with Crippen molar-refractivity contribution in [1.82, 2.24) is 5.32 Å². The average Bonchev–Trinajstić information content (AvgIpc) is 2.35. The molecule has 1 aliphatic rings. The maximum absolute atomic E-state index is 5.80. The highest BCUT2D eigenvalue weighted by Crippen LogP contribution is 2.19. The fourth-order valence-electron chi connectivity index (χ4n) is 2.54. The first-order valence-electron chi connectivity index (χ1n) is 7.62. The van der Waals surface area contributed by atoms with Crippen molar-refractivity contribution in [2.75, 3.05) is 19.8 Å². The van der Waals surface area contributed by atoms with E-state index < -0.39 is 0 Å². The van der Waals surface area contributed by atoms with Crippen LogP contribution in [0.4, 0.5) is 0 Å². The largest absolute Gasteiger partial charge is 0.380 e. The molecule has 0 saturated carbocycles. The summed E-state index contributed by atoms with van der Waals surface area (Å²) >= 11 is 0. The molecule has 3 nitrogen and oxygen atoms in total. The first-order chi connectivity index (χ1) is 8.67. The molecule has 1 fully saturated rings. The molecule has 1 N–H and O–H groups in total. The first-order valence-corrected chi connectivity index (χ1v) is 7.62. The molecule has 3 unspecified atom stereocenters. The maximum Gasteiger partial charge on any atom is 0.0622 e. The van der Waals surface area contributed by atoms with E-state index in [0.717, 1.165) is 32.7 Å². The standard InChI is InChI=1S/C15H31NO2/c1-5-7-14-10-13(8-9-18-14)16-15(12(3)4)11-17-6-2/h12-16H,5-11H2,1-4H3. The molecule has 108 valence electrons. The Bertz CT molecular complexity index is 207. The zero-order valence-corrected chi connectivity index (χ0v) is 12.6. The minimum atomic E-state index is 0.459. The van der Waals surface area contributed by atoms with Gasteiger partial charge in [-0.3, -0.25) is 0 Å². The van der Waals surface area contributed by atoms with Crippen LogP contribution in [0.15, 0.2) is 0 Å². The van der Waals surface area contributed by atoms with Crippen LogP contribution in [0.1, 0.15) is 53.4 Å². The lowest BCUT2D eigenvalue weighted by Gasteiger charge is -2.34. The molecule has 0 aromatic heterocycles. The molecule has 0 amide bonds. The molecule has 0 bridgehead atoms. The summed E-state index contributed by atoms with van der Waals surface area (Å²) in [5.74, 6) is 0.615. The molecule has 1 heterocycles. The summed E-state index contributed by atoms with van der Waals surface area (Å²) < 4.78 is 11.4. The molecule has 3 atom stereocenters. The quantitative estimate of drug-likeness (QED) is 0.725. The maximum atomic E-state index is 5.80. The molecule has 1 aliphatic heterocycles. The monoisotopic (exact) mass is 257 g/mol. The zero-order chi connectivity index (χ0) is 13.4. The van der Waals surface area contributed by atoms with E-state index in [2.05, 4.69) is 33.0 Å². The van der Waals surface area contributed by atoms with Gasteiger partial charge in [-0.1, -0.05) is 27.2 Å². The fourth-order valence-corrected chi connectivity index (χ4v) is 2.54. The predicted molar refractivity (Wildman–Crippen MR) is 75.9 cm³/mol. The molecule has 0 radical (unpaired) electrons. The molecule has 3 heteroatoms. The Balaban J connectivity index is 2.37. The summed E-state index contributed by atoms with van der Waals surface area (Å²) in [6, 6.07) is 1.07. The summed E-state index contributed by atoms with van der Waals surface area (Å²) in [6.07, 6.45) is 5.15. The number of rotatable bonds is 8. The van der Waals surface area contributed by atoms with Gasteiger partial charge < -0.3 is 14.8 Å². The highest BCUT2D eigenvalue weighted by atomic mass is 16.5. The van der Waals surface area contributed by atoms with Crippen LogP contribution < -0.4 is 5.32 Å². The second-order valence-corrected chi connectivity index (χ2v) is 5.68. The number of nitrogens with one attached hydrogen (secondary N) is 1. The molecular weight excluding hydrogens is 226 g/mol. The van der Waals surface area contributed by atoms with Gasteiger partial charge in [-0.25, -0.2) is 0 Å². The van der Waals surface area contributed by atoms with Gasteiger partial charge in [0.05, 0.1) is 12.7 Å². The third-order valence-corrected chi connectivity index (χ3v) is 3.73. The normalized spacial score (nSPS) is 26.5. The molecule has 0 aliphatic carbocycles. The van der Waals surface area contributed by atoms with Gasteiger partial charge in [0.2, 0.25) is 0 Å². The van der Waals surface area contributed by atoms with E-state index in [1.807, 2.05) is 0 Å². The van der Waals surface area contributed by atoms with Gasteiger partial charge in [-0.05, 0) is 32.1 Å². The predicted octanol–water partition coefficient (Wildman–Crippen LogP) is 2.98. The van der Waals surface area contributed by atoms with Gasteiger partial charge in [0.15, 0.2) is 0 Å². The molecule has 0 aromatic rings. The average molecular weight is 257 g/mol. The van der Waals surface area contributed by atoms with Crippen molar-refractivity contribution in [2.24, 2.45) is 5.92 Å². The van der Waals surface area contributed by atoms with Gasteiger partial charge in [-0.2, -0.15) is 0 Å². The summed E-state index contributed by atoms with van der Waals surface area (Å²) in [7, 11) is 0. The minimum absolute atomic E-state index is 0.459. The Labute approximate surface area is 113 Å². The van der Waals surface area contributed by atoms with Gasteiger partial charge in [0, 0.05) is 25.3 Å². The van der Waals surface area contributed by atoms with Crippen molar-refractivity contribution in [2.45, 2.75) is 71.6 Å². The molecule has 18 heavy (non-hydrogen) atoms. The van der Waals surface area contributed by atoms with Crippen molar-refractivity contribution >= 4 is 0 Å². The van der Waals surface area contributed by atoms with E-state index in [4.69, 9.17) is 9.47 Å². The van der Waals surface area contributed by atoms with Gasteiger partial charge in [-0.15, -0.1) is 0 Å². The summed E-state index contributed by atoms with van der Waals surface area (Å²) in [6.45, 7) is 11.3. The lowest BCUT2D eigenvalue weighted by molar-refractivity contribution is -0.00935. The number of ether oxygens (including phenoxy) is 2. The Morgan fingerprint density at radius 3 is 2.72 bits per heavy atom. The van der Waals surface area contributed by atoms with Crippen LogP contribution in [0, 0.1) is 5.92 Å². The van der Waals surface area contributed by atoms with Crippen LogP contribution in [0.3, 0.4) is 0 Å². The zero-order valence-electron chi connectivity index (χ0n) is 12.6. The minimum Gasteiger partial charge on any atom is -0.380 e. The van der Waals surface area contributed by atoms with E-state index >= 15 is 0 Å². The van der Waals surface area contributed by atoms with Gasteiger partial charge in [0.1, 0.15) is 0 Å². The highest BCUT2D eigenvalue weighted by molar-refractivity contribution is 4.81. The topological polar surface area (TPSA) is 30.5 Å². The van der Waals surface area contributed by atoms with Crippen molar-refractivity contribution < 1.29 is 9.47 Å². The van der Waals surface area contributed by atoms with E-state index in [9.17, 15) is 0 Å². The third-order valence-electron chi connectivity index (χ3n) is 3.73. The second-order valence-electron chi connectivity index (χ2n) is 5.68. The molecule has 0 aromatic carbocycles. The van der Waals surface area contributed by atoms with E-state index in [1.54, 1.807) is 0 Å². The summed E-state index contributed by atoms with van der Waals surface area (Å²) in [5.41, 5.74) is 0. The van der Waals surface area contributed by atoms with Crippen molar-refractivity contribution in [3.8, 4) is 0 Å². The Morgan fingerprint density at radius 1 is 1.33 bits per heavy atom. The van der Waals surface area contributed by atoms with Crippen molar-refractivity contribution in [3.63, 3.8) is 0 Å². The van der Waals surface area contributed by atoms with Crippen LogP contribution in [0.5, 0.6) is 0 Å². The highest BCUT2D eigenvalue weighted by Gasteiger charge is 2.25. The van der Waals surface area contributed by atoms with Crippen LogP contribution in [-0.4, -0.2) is 38.0 Å². The van der Waals surface area contributed by atoms with E-state index in [1.165, 1.54) is 12.8 Å². The smallest absolute Gasteiger partial charge is 0.0622 e. The molecular formula is C15H31NO2. The van der Waals surface area contributed by atoms with Gasteiger partial charge in [0.25, 0.3) is 0 Å². The number of hydrogen-bond donors (Lipinski definition) is 1. The molecule has 1 rings (SSSR count). The van der Waals surface area contributed by atoms with Gasteiger partial charge >= 0.3 is 0 Å². The van der Waals surface area contributed by atoms with Crippen LogP contribution in [-0.2, 0) is 9.47 Å². The summed E-state index contributed by atoms with van der Waals surface area (Å²) in [5, 5.41) is 3.77. The lowest BCUT2D eigenvalue weighted by atomic mass is 9.97. The van der Waals surface area contributed by atoms with E-state index in [-0.39, 0.29) is 0 Å². The van der Waals surface area contributed by atoms with Crippen molar-refractivity contribution in [1.29, 1.82) is 0 Å². The summed E-state index contributed by atoms with van der Waals surface area (Å²) in [4.78, 5) is 0. The van der Waals surface area contributed by atoms with Crippen molar-refractivity contribution in [3.05, 3.63) is 0 Å². The van der Waals surface area contributed by atoms with Crippen LogP contribution in [0.25, 0.3) is 0 Å². The lowest BCUT2D eigenvalue weighted by Crippen LogP contribution is -2.48. The Kier molecular flexibility index (Phi) is 7.87. The van der Waals surface area contributed by atoms with E-state index in [0.29, 0.717) is 24.1 Å². The first kappa shape index (κ1) is 15.9. The fraction of sp³-hybridized carbons (Fsp3) is 1.00.